The summed E-state index contributed by atoms with van der Waals surface area (Å²) in [7, 11) is 0. The normalized spacial score (nSPS) is 12.8. The van der Waals surface area contributed by atoms with Crippen molar-refractivity contribution < 1.29 is 23.8 Å². The minimum absolute atomic E-state index is 0.122. The van der Waals surface area contributed by atoms with Crippen LogP contribution in [0.15, 0.2) is 78.9 Å². The van der Waals surface area contributed by atoms with Gasteiger partial charge in [-0.3, -0.25) is 4.79 Å². The van der Waals surface area contributed by atoms with Gasteiger partial charge in [0.15, 0.2) is 17.6 Å². The van der Waals surface area contributed by atoms with E-state index >= 15 is 0 Å². The summed E-state index contributed by atoms with van der Waals surface area (Å²) in [5, 5.41) is 0. The SMILES string of the molecule is CC(OC(=O)c1ccc2c(c1)OCO2)C(=O)N(Cc1ccccc1)Cc1ccccc1. The van der Waals surface area contributed by atoms with Gasteiger partial charge in [0.25, 0.3) is 5.91 Å². The van der Waals surface area contributed by atoms with Crippen LogP contribution in [0.5, 0.6) is 11.5 Å². The first-order valence-electron chi connectivity index (χ1n) is 10.1. The maximum absolute atomic E-state index is 13.2. The lowest BCUT2D eigenvalue weighted by Gasteiger charge is -2.26. The Bertz CT molecular complexity index is 1010. The van der Waals surface area contributed by atoms with Gasteiger partial charge < -0.3 is 19.1 Å². The Labute approximate surface area is 181 Å². The highest BCUT2D eigenvalue weighted by Crippen LogP contribution is 2.32. The lowest BCUT2D eigenvalue weighted by Crippen LogP contribution is -2.39. The molecule has 3 aromatic rings. The number of fused-ring (bicyclic) bond motifs is 1. The number of hydrogen-bond donors (Lipinski definition) is 0. The Hall–Kier alpha value is -3.80. The number of amides is 1. The van der Waals surface area contributed by atoms with Gasteiger partial charge in [-0.05, 0) is 36.2 Å². The highest BCUT2D eigenvalue weighted by atomic mass is 16.7. The Morgan fingerprint density at radius 2 is 1.45 bits per heavy atom. The number of ether oxygens (including phenoxy) is 3. The van der Waals surface area contributed by atoms with E-state index in [1.165, 1.54) is 0 Å². The van der Waals surface area contributed by atoms with E-state index in [1.807, 2.05) is 60.7 Å². The van der Waals surface area contributed by atoms with Gasteiger partial charge in [0.1, 0.15) is 0 Å². The van der Waals surface area contributed by atoms with Crippen LogP contribution < -0.4 is 9.47 Å². The van der Waals surface area contributed by atoms with Gasteiger partial charge in [-0.2, -0.15) is 0 Å². The van der Waals surface area contributed by atoms with Crippen LogP contribution in [-0.2, 0) is 22.6 Å². The van der Waals surface area contributed by atoms with E-state index in [9.17, 15) is 9.59 Å². The summed E-state index contributed by atoms with van der Waals surface area (Å²) in [6, 6.07) is 24.3. The number of nitrogens with zero attached hydrogens (tertiary/aromatic N) is 1. The first-order chi connectivity index (χ1) is 15.1. The molecular weight excluding hydrogens is 394 g/mol. The largest absolute Gasteiger partial charge is 0.454 e. The molecule has 1 aliphatic heterocycles. The highest BCUT2D eigenvalue weighted by Gasteiger charge is 2.26. The lowest BCUT2D eigenvalue weighted by molar-refractivity contribution is -0.141. The van der Waals surface area contributed by atoms with E-state index in [0.717, 1.165) is 11.1 Å². The van der Waals surface area contributed by atoms with Gasteiger partial charge in [-0.15, -0.1) is 0 Å². The number of benzene rings is 3. The fourth-order valence-corrected chi connectivity index (χ4v) is 3.38. The molecule has 1 aliphatic rings. The van der Waals surface area contributed by atoms with E-state index in [4.69, 9.17) is 14.2 Å². The second kappa shape index (κ2) is 9.34. The van der Waals surface area contributed by atoms with Crippen LogP contribution in [0.25, 0.3) is 0 Å². The molecule has 0 radical (unpaired) electrons. The molecule has 0 saturated heterocycles. The average molecular weight is 417 g/mol. The van der Waals surface area contributed by atoms with Gasteiger partial charge in [0, 0.05) is 13.1 Å². The van der Waals surface area contributed by atoms with Gasteiger partial charge in [0.2, 0.25) is 6.79 Å². The predicted octanol–water partition coefficient (Wildman–Crippen LogP) is 4.19. The van der Waals surface area contributed by atoms with Crippen LogP contribution in [0.1, 0.15) is 28.4 Å². The van der Waals surface area contributed by atoms with Crippen molar-refractivity contribution in [3.8, 4) is 11.5 Å². The lowest BCUT2D eigenvalue weighted by atomic mass is 10.1. The van der Waals surface area contributed by atoms with Crippen molar-refractivity contribution in [3.63, 3.8) is 0 Å². The molecule has 1 heterocycles. The van der Waals surface area contributed by atoms with Crippen molar-refractivity contribution in [2.24, 2.45) is 0 Å². The second-order valence-electron chi connectivity index (χ2n) is 7.28. The Morgan fingerprint density at radius 3 is 2.06 bits per heavy atom. The third kappa shape index (κ3) is 5.04. The molecule has 6 nitrogen and oxygen atoms in total. The summed E-state index contributed by atoms with van der Waals surface area (Å²) < 4.78 is 16.1. The van der Waals surface area contributed by atoms with Gasteiger partial charge in [-0.1, -0.05) is 60.7 Å². The van der Waals surface area contributed by atoms with E-state index < -0.39 is 12.1 Å². The molecule has 1 amide bonds. The van der Waals surface area contributed by atoms with Crippen molar-refractivity contribution in [2.45, 2.75) is 26.1 Å². The zero-order valence-electron chi connectivity index (χ0n) is 17.2. The van der Waals surface area contributed by atoms with E-state index in [1.54, 1.807) is 30.0 Å². The van der Waals surface area contributed by atoms with Crippen LogP contribution in [-0.4, -0.2) is 29.7 Å². The second-order valence-corrected chi connectivity index (χ2v) is 7.28. The van der Waals surface area contributed by atoms with Gasteiger partial charge >= 0.3 is 5.97 Å². The van der Waals surface area contributed by atoms with E-state index in [-0.39, 0.29) is 12.7 Å². The number of carbonyl (C=O) groups excluding carboxylic acids is 2. The molecule has 31 heavy (non-hydrogen) atoms. The van der Waals surface area contributed by atoms with Crippen molar-refractivity contribution in [3.05, 3.63) is 95.6 Å². The average Bonchev–Trinajstić information content (AvgIpc) is 3.27. The summed E-state index contributed by atoms with van der Waals surface area (Å²) >= 11 is 0. The summed E-state index contributed by atoms with van der Waals surface area (Å²) in [6.45, 7) is 2.55. The highest BCUT2D eigenvalue weighted by molar-refractivity contribution is 5.93. The third-order valence-electron chi connectivity index (χ3n) is 4.98. The number of hydrogen-bond acceptors (Lipinski definition) is 5. The molecule has 0 aromatic heterocycles. The maximum Gasteiger partial charge on any atom is 0.339 e. The van der Waals surface area contributed by atoms with E-state index in [0.29, 0.717) is 30.2 Å². The first-order valence-corrected chi connectivity index (χ1v) is 10.1. The fourth-order valence-electron chi connectivity index (χ4n) is 3.38. The van der Waals surface area contributed by atoms with Crippen LogP contribution in [0.2, 0.25) is 0 Å². The molecule has 0 aliphatic carbocycles. The first kappa shape index (κ1) is 20.5. The Balaban J connectivity index is 1.47. The molecular formula is C25H23NO5. The predicted molar refractivity (Wildman–Crippen MR) is 115 cm³/mol. The third-order valence-corrected chi connectivity index (χ3v) is 4.98. The smallest absolute Gasteiger partial charge is 0.339 e. The molecule has 0 fully saturated rings. The summed E-state index contributed by atoms with van der Waals surface area (Å²) in [6.07, 6.45) is -0.939. The standard InChI is InChI=1S/C25H23NO5/c1-18(31-25(28)21-12-13-22-23(14-21)30-17-29-22)24(27)26(15-19-8-4-2-5-9-19)16-20-10-6-3-7-11-20/h2-14,18H,15-17H2,1H3. The molecule has 1 unspecified atom stereocenters. The minimum atomic E-state index is -0.939. The molecule has 1 atom stereocenters. The van der Waals surface area contributed by atoms with Crippen LogP contribution >= 0.6 is 0 Å². The molecule has 158 valence electrons. The van der Waals surface area contributed by atoms with Crippen molar-refractivity contribution in [1.29, 1.82) is 0 Å². The van der Waals surface area contributed by atoms with Crippen LogP contribution in [0.3, 0.4) is 0 Å². The van der Waals surface area contributed by atoms with Gasteiger partial charge in [0.05, 0.1) is 5.56 Å². The summed E-state index contributed by atoms with van der Waals surface area (Å²) in [5.41, 5.74) is 2.31. The van der Waals surface area contributed by atoms with Crippen molar-refractivity contribution >= 4 is 11.9 Å². The van der Waals surface area contributed by atoms with Crippen molar-refractivity contribution in [1.82, 2.24) is 4.90 Å². The monoisotopic (exact) mass is 417 g/mol. The fraction of sp³-hybridized carbons (Fsp3) is 0.200. The summed E-state index contributed by atoms with van der Waals surface area (Å²) in [5.74, 6) is 0.223. The number of esters is 1. The molecule has 4 rings (SSSR count). The number of carbonyl (C=O) groups is 2. The molecule has 0 spiro atoms. The molecule has 0 N–H and O–H groups in total. The zero-order chi connectivity index (χ0) is 21.6. The van der Waals surface area contributed by atoms with Crippen LogP contribution in [0, 0.1) is 0 Å². The quantitative estimate of drug-likeness (QED) is 0.540. The Morgan fingerprint density at radius 1 is 0.871 bits per heavy atom. The van der Waals surface area contributed by atoms with Crippen LogP contribution in [0.4, 0.5) is 0 Å². The molecule has 3 aromatic carbocycles. The topological polar surface area (TPSA) is 65.1 Å². The Kier molecular flexibility index (Phi) is 6.17. The van der Waals surface area contributed by atoms with Gasteiger partial charge in [-0.25, -0.2) is 4.79 Å². The van der Waals surface area contributed by atoms with Crippen molar-refractivity contribution in [2.75, 3.05) is 6.79 Å². The molecule has 6 heteroatoms. The van der Waals surface area contributed by atoms with E-state index in [2.05, 4.69) is 0 Å². The minimum Gasteiger partial charge on any atom is -0.454 e. The molecule has 0 bridgehead atoms. The zero-order valence-corrected chi connectivity index (χ0v) is 17.2. The summed E-state index contributed by atoms with van der Waals surface area (Å²) in [4.78, 5) is 27.5. The maximum atomic E-state index is 13.2. The number of rotatable bonds is 7. The molecule has 0 saturated carbocycles.